The number of nitrogens with zero attached hydrogens (tertiary/aromatic N) is 1. The molecule has 1 amide bonds. The number of hydrogen-bond donors (Lipinski definition) is 1. The topological polar surface area (TPSA) is 50.8 Å². The molecule has 1 aliphatic rings. The second-order valence-electron chi connectivity index (χ2n) is 5.05. The van der Waals surface area contributed by atoms with E-state index in [1.807, 2.05) is 6.92 Å². The van der Waals surface area contributed by atoms with Crippen LogP contribution in [-0.4, -0.2) is 43.3 Å². The molecule has 0 aromatic heterocycles. The van der Waals surface area contributed by atoms with Crippen LogP contribution in [0.1, 0.15) is 12.5 Å². The van der Waals surface area contributed by atoms with Crippen LogP contribution in [0.15, 0.2) is 12.1 Å². The number of ether oxygens (including phenoxy) is 2. The maximum Gasteiger partial charge on any atom is 0.410 e. The lowest BCUT2D eigenvalue weighted by Gasteiger charge is -2.33. The number of rotatable bonds is 4. The van der Waals surface area contributed by atoms with Gasteiger partial charge in [-0.05, 0) is 6.92 Å². The average Bonchev–Trinajstić information content (AvgIpc) is 2.45. The third kappa shape index (κ3) is 4.47. The van der Waals surface area contributed by atoms with Crippen molar-refractivity contribution in [1.82, 2.24) is 10.2 Å². The Morgan fingerprint density at radius 1 is 1.39 bits per heavy atom. The Morgan fingerprint density at radius 2 is 2.04 bits per heavy atom. The van der Waals surface area contributed by atoms with Crippen LogP contribution in [-0.2, 0) is 11.3 Å². The number of carbonyl (C=O) groups is 1. The second-order valence-corrected chi connectivity index (χ2v) is 5.05. The molecule has 1 aliphatic heterocycles. The van der Waals surface area contributed by atoms with E-state index in [1.54, 1.807) is 0 Å². The fourth-order valence-electron chi connectivity index (χ4n) is 2.22. The molecule has 1 heterocycles. The number of alkyl halides is 2. The van der Waals surface area contributed by atoms with Crippen molar-refractivity contribution >= 4 is 6.09 Å². The van der Waals surface area contributed by atoms with E-state index in [2.05, 4.69) is 10.1 Å². The maximum absolute atomic E-state index is 13.8. The standard InChI is InChI=1S/C14H16F4N2O3/c1-8-6-19-2-3-20(8)14(21)22-7-10-11(15)4-9(5-12(10)16)23-13(17)18/h4-5,8,13,19H,2-3,6-7H2,1H3. The zero-order valence-electron chi connectivity index (χ0n) is 12.3. The molecule has 1 fully saturated rings. The Kier molecular flexibility index (Phi) is 5.64. The number of piperazine rings is 1. The highest BCUT2D eigenvalue weighted by Gasteiger charge is 2.25. The molecular weight excluding hydrogens is 320 g/mol. The van der Waals surface area contributed by atoms with Crippen LogP contribution in [0, 0.1) is 11.6 Å². The number of benzene rings is 1. The van der Waals surface area contributed by atoms with Gasteiger partial charge in [0.15, 0.2) is 0 Å². The number of nitrogens with one attached hydrogen (secondary N) is 1. The Bertz CT molecular complexity index is 548. The maximum atomic E-state index is 13.8. The van der Waals surface area contributed by atoms with Crippen LogP contribution in [0.5, 0.6) is 5.75 Å². The summed E-state index contributed by atoms with van der Waals surface area (Å²) in [6.45, 7) is -0.398. The van der Waals surface area contributed by atoms with Crippen LogP contribution in [0.4, 0.5) is 22.4 Å². The predicted molar refractivity (Wildman–Crippen MR) is 72.2 cm³/mol. The molecule has 0 spiro atoms. The number of hydrogen-bond acceptors (Lipinski definition) is 4. The summed E-state index contributed by atoms with van der Waals surface area (Å²) in [5.74, 6) is -2.88. The van der Waals surface area contributed by atoms with Gasteiger partial charge in [-0.25, -0.2) is 13.6 Å². The summed E-state index contributed by atoms with van der Waals surface area (Å²) in [7, 11) is 0. The molecule has 0 radical (unpaired) electrons. The molecule has 1 unspecified atom stereocenters. The van der Waals surface area contributed by atoms with Gasteiger partial charge in [-0.3, -0.25) is 0 Å². The largest absolute Gasteiger partial charge is 0.444 e. The van der Waals surface area contributed by atoms with Gasteiger partial charge >= 0.3 is 12.7 Å². The molecular formula is C14H16F4N2O3. The summed E-state index contributed by atoms with van der Waals surface area (Å²) < 4.78 is 60.4. The molecule has 1 aromatic rings. The van der Waals surface area contributed by atoms with Gasteiger partial charge in [-0.1, -0.05) is 0 Å². The van der Waals surface area contributed by atoms with Gasteiger partial charge in [0.05, 0.1) is 5.56 Å². The van der Waals surface area contributed by atoms with Crippen molar-refractivity contribution < 1.29 is 31.8 Å². The summed E-state index contributed by atoms with van der Waals surface area (Å²) in [6.07, 6.45) is -0.689. The van der Waals surface area contributed by atoms with Gasteiger partial charge in [0.2, 0.25) is 0 Å². The monoisotopic (exact) mass is 336 g/mol. The van der Waals surface area contributed by atoms with Crippen molar-refractivity contribution in [3.8, 4) is 5.75 Å². The fraction of sp³-hybridized carbons (Fsp3) is 0.500. The first-order chi connectivity index (χ1) is 10.9. The quantitative estimate of drug-likeness (QED) is 0.859. The second kappa shape index (κ2) is 7.49. The average molecular weight is 336 g/mol. The Morgan fingerprint density at radius 3 is 2.61 bits per heavy atom. The van der Waals surface area contributed by atoms with Crippen molar-refractivity contribution in [2.24, 2.45) is 0 Å². The van der Waals surface area contributed by atoms with Crippen molar-refractivity contribution in [3.05, 3.63) is 29.3 Å². The Balaban J connectivity index is 2.01. The first-order valence-corrected chi connectivity index (χ1v) is 6.95. The van der Waals surface area contributed by atoms with Gasteiger partial charge in [-0.15, -0.1) is 0 Å². The number of carbonyl (C=O) groups excluding carboxylic acids is 1. The molecule has 1 atom stereocenters. The molecule has 0 bridgehead atoms. The van der Waals surface area contributed by atoms with Gasteiger partial charge in [0.1, 0.15) is 24.0 Å². The smallest absolute Gasteiger partial charge is 0.410 e. The Hall–Kier alpha value is -2.03. The van der Waals surface area contributed by atoms with Gasteiger partial charge in [-0.2, -0.15) is 8.78 Å². The summed E-state index contributed by atoms with van der Waals surface area (Å²) in [4.78, 5) is 13.4. The zero-order chi connectivity index (χ0) is 17.0. The molecule has 1 N–H and O–H groups in total. The molecule has 0 saturated carbocycles. The lowest BCUT2D eigenvalue weighted by Crippen LogP contribution is -2.52. The van der Waals surface area contributed by atoms with Crippen molar-refractivity contribution in [2.75, 3.05) is 19.6 Å². The van der Waals surface area contributed by atoms with Crippen LogP contribution >= 0.6 is 0 Å². The van der Waals surface area contributed by atoms with Gasteiger partial charge in [0.25, 0.3) is 0 Å². The highest BCUT2D eigenvalue weighted by Crippen LogP contribution is 2.23. The summed E-state index contributed by atoms with van der Waals surface area (Å²) in [5, 5.41) is 3.09. The first kappa shape index (κ1) is 17.3. The van der Waals surface area contributed by atoms with Crippen molar-refractivity contribution in [2.45, 2.75) is 26.2 Å². The zero-order valence-corrected chi connectivity index (χ0v) is 12.3. The minimum Gasteiger partial charge on any atom is -0.444 e. The van der Waals surface area contributed by atoms with Crippen LogP contribution in [0.25, 0.3) is 0 Å². The van der Waals surface area contributed by atoms with E-state index < -0.39 is 42.3 Å². The molecule has 0 aliphatic carbocycles. The van der Waals surface area contributed by atoms with E-state index in [1.165, 1.54) is 4.90 Å². The highest BCUT2D eigenvalue weighted by molar-refractivity contribution is 5.68. The minimum atomic E-state index is -3.19. The molecule has 9 heteroatoms. The van der Waals surface area contributed by atoms with Crippen LogP contribution < -0.4 is 10.1 Å². The van der Waals surface area contributed by atoms with E-state index in [0.717, 1.165) is 0 Å². The summed E-state index contributed by atoms with van der Waals surface area (Å²) in [6, 6.07) is 1.13. The molecule has 1 saturated heterocycles. The van der Waals surface area contributed by atoms with Crippen molar-refractivity contribution in [1.29, 1.82) is 0 Å². The molecule has 128 valence electrons. The van der Waals surface area contributed by atoms with Crippen LogP contribution in [0.3, 0.4) is 0 Å². The lowest BCUT2D eigenvalue weighted by molar-refractivity contribution is -0.0501. The van der Waals surface area contributed by atoms with E-state index in [-0.39, 0.29) is 6.04 Å². The van der Waals surface area contributed by atoms with E-state index in [0.29, 0.717) is 31.8 Å². The predicted octanol–water partition coefficient (Wildman–Crippen LogP) is 2.50. The van der Waals surface area contributed by atoms with E-state index in [4.69, 9.17) is 4.74 Å². The van der Waals surface area contributed by atoms with Crippen LogP contribution in [0.2, 0.25) is 0 Å². The Labute approximate surface area is 130 Å². The fourth-order valence-corrected chi connectivity index (χ4v) is 2.22. The van der Waals surface area contributed by atoms with E-state index in [9.17, 15) is 22.4 Å². The van der Waals surface area contributed by atoms with E-state index >= 15 is 0 Å². The first-order valence-electron chi connectivity index (χ1n) is 6.95. The molecule has 5 nitrogen and oxygen atoms in total. The summed E-state index contributed by atoms with van der Waals surface area (Å²) in [5.41, 5.74) is -0.525. The molecule has 1 aromatic carbocycles. The van der Waals surface area contributed by atoms with Crippen molar-refractivity contribution in [3.63, 3.8) is 0 Å². The van der Waals surface area contributed by atoms with Gasteiger partial charge < -0.3 is 19.7 Å². The number of amides is 1. The van der Waals surface area contributed by atoms with Gasteiger partial charge in [0, 0.05) is 37.8 Å². The number of halogens is 4. The molecule has 23 heavy (non-hydrogen) atoms. The third-order valence-corrected chi connectivity index (χ3v) is 3.42. The lowest BCUT2D eigenvalue weighted by atomic mass is 10.2. The minimum absolute atomic E-state index is 0.104. The summed E-state index contributed by atoms with van der Waals surface area (Å²) >= 11 is 0. The molecule has 2 rings (SSSR count). The normalized spacial score (nSPS) is 18.2. The highest BCUT2D eigenvalue weighted by atomic mass is 19.3. The third-order valence-electron chi connectivity index (χ3n) is 3.42. The SMILES string of the molecule is CC1CNCCN1C(=O)OCc1c(F)cc(OC(F)F)cc1F.